The van der Waals surface area contributed by atoms with Crippen LogP contribution in [0.5, 0.6) is 11.5 Å². The average molecular weight is 500 g/mol. The fourth-order valence-electron chi connectivity index (χ4n) is 4.40. The first-order valence-corrected chi connectivity index (χ1v) is 12.1. The van der Waals surface area contributed by atoms with Gasteiger partial charge in [-0.05, 0) is 49.2 Å². The van der Waals surface area contributed by atoms with E-state index in [1.54, 1.807) is 13.2 Å². The van der Waals surface area contributed by atoms with Crippen molar-refractivity contribution in [3.63, 3.8) is 0 Å². The molecule has 5 rings (SSSR count). The van der Waals surface area contributed by atoms with E-state index >= 15 is 0 Å². The SMILES string of the molecule is COC/C=C/C(=O)N[C@H]1CC[C@@H](n2nc(-c3ccc(Oc4ccccc4)cc3)c3c(N)ncnc32)CN1. The summed E-state index contributed by atoms with van der Waals surface area (Å²) < 4.78 is 12.8. The molecule has 0 spiro atoms. The molecule has 0 unspecified atom stereocenters. The number of fused-ring (bicyclic) bond motifs is 1. The second-order valence-corrected chi connectivity index (χ2v) is 8.75. The Balaban J connectivity index is 1.34. The Bertz CT molecular complexity index is 1380. The van der Waals surface area contributed by atoms with Gasteiger partial charge in [0.25, 0.3) is 0 Å². The van der Waals surface area contributed by atoms with Gasteiger partial charge in [-0.1, -0.05) is 24.3 Å². The molecule has 0 saturated carbocycles. The van der Waals surface area contributed by atoms with Crippen LogP contribution >= 0.6 is 0 Å². The van der Waals surface area contributed by atoms with Crippen LogP contribution in [0, 0.1) is 0 Å². The van der Waals surface area contributed by atoms with Gasteiger partial charge in [0.15, 0.2) is 5.65 Å². The molecule has 1 amide bonds. The average Bonchev–Trinajstić information content (AvgIpc) is 3.31. The molecule has 1 aliphatic rings. The molecule has 0 bridgehead atoms. The van der Waals surface area contributed by atoms with Crippen LogP contribution in [0.2, 0.25) is 0 Å². The zero-order valence-corrected chi connectivity index (χ0v) is 20.5. The summed E-state index contributed by atoms with van der Waals surface area (Å²) in [5.41, 5.74) is 8.58. The molecule has 10 heteroatoms. The highest BCUT2D eigenvalue weighted by atomic mass is 16.5. The number of nitrogens with one attached hydrogen (secondary N) is 2. The van der Waals surface area contributed by atoms with Crippen LogP contribution in [0.3, 0.4) is 0 Å². The van der Waals surface area contributed by atoms with Gasteiger partial charge in [0.2, 0.25) is 5.91 Å². The van der Waals surface area contributed by atoms with Crippen molar-refractivity contribution in [1.29, 1.82) is 0 Å². The lowest BCUT2D eigenvalue weighted by atomic mass is 10.1. The fraction of sp³-hybridized carbons (Fsp3) is 0.259. The highest BCUT2D eigenvalue weighted by molar-refractivity contribution is 5.98. The van der Waals surface area contributed by atoms with E-state index in [-0.39, 0.29) is 18.1 Å². The molecule has 4 N–H and O–H groups in total. The Kier molecular flexibility index (Phi) is 7.38. The van der Waals surface area contributed by atoms with Crippen LogP contribution in [0.1, 0.15) is 18.9 Å². The third kappa shape index (κ3) is 5.60. The standard InChI is InChI=1S/C27H29N7O3/c1-36-15-5-8-23(35)32-22-14-11-19(16-29-22)34-27-24(26(28)30-17-31-27)25(33-34)18-9-12-21(13-10-18)37-20-6-3-2-4-7-20/h2-10,12-13,17,19,22,29H,11,14-16H2,1H3,(H,32,35)(H2,28,30,31)/b8-5+/t19-,22+/m1/s1. The van der Waals surface area contributed by atoms with Crippen LogP contribution in [-0.4, -0.2) is 52.1 Å². The molecule has 2 aromatic carbocycles. The molecule has 0 aliphatic carbocycles. The van der Waals surface area contributed by atoms with Gasteiger partial charge < -0.3 is 20.5 Å². The summed E-state index contributed by atoms with van der Waals surface area (Å²) in [7, 11) is 1.59. The van der Waals surface area contributed by atoms with Gasteiger partial charge in [0.1, 0.15) is 29.3 Å². The molecule has 1 fully saturated rings. The molecule has 1 saturated heterocycles. The minimum atomic E-state index is -0.153. The maximum Gasteiger partial charge on any atom is 0.244 e. The number of carbonyl (C=O) groups excluding carboxylic acids is 1. The van der Waals surface area contributed by atoms with Crippen LogP contribution in [0.4, 0.5) is 5.82 Å². The van der Waals surface area contributed by atoms with Gasteiger partial charge in [0, 0.05) is 25.3 Å². The number of nitrogens with zero attached hydrogens (tertiary/aromatic N) is 4. The quantitative estimate of drug-likeness (QED) is 0.315. The Hall–Kier alpha value is -4.28. The smallest absolute Gasteiger partial charge is 0.244 e. The number of rotatable bonds is 8. The monoisotopic (exact) mass is 499 g/mol. The minimum absolute atomic E-state index is 0.0448. The van der Waals surface area contributed by atoms with Gasteiger partial charge in [0.05, 0.1) is 24.2 Å². The number of piperidine rings is 1. The molecule has 2 aromatic heterocycles. The van der Waals surface area contributed by atoms with E-state index in [4.69, 9.17) is 20.3 Å². The van der Waals surface area contributed by atoms with Crippen LogP contribution in [-0.2, 0) is 9.53 Å². The number of amides is 1. The number of benzene rings is 2. The second kappa shape index (κ2) is 11.2. The Morgan fingerprint density at radius 3 is 2.65 bits per heavy atom. The van der Waals surface area contributed by atoms with Gasteiger partial charge in [-0.3, -0.25) is 10.1 Å². The Morgan fingerprint density at radius 1 is 1.14 bits per heavy atom. The van der Waals surface area contributed by atoms with Crippen molar-refractivity contribution in [1.82, 2.24) is 30.4 Å². The first kappa shape index (κ1) is 24.4. The Morgan fingerprint density at radius 2 is 1.92 bits per heavy atom. The van der Waals surface area contributed by atoms with E-state index in [1.165, 1.54) is 12.4 Å². The molecule has 10 nitrogen and oxygen atoms in total. The van der Waals surface area contributed by atoms with E-state index < -0.39 is 0 Å². The van der Waals surface area contributed by atoms with Crippen LogP contribution < -0.4 is 21.1 Å². The molecule has 190 valence electrons. The summed E-state index contributed by atoms with van der Waals surface area (Å²) in [6.07, 6.45) is 6.07. The molecule has 0 radical (unpaired) electrons. The maximum absolute atomic E-state index is 12.1. The number of aromatic nitrogens is 4. The van der Waals surface area contributed by atoms with Crippen molar-refractivity contribution < 1.29 is 14.3 Å². The molecule has 2 atom stereocenters. The number of carbonyl (C=O) groups is 1. The molecule has 3 heterocycles. The lowest BCUT2D eigenvalue weighted by Gasteiger charge is -2.30. The van der Waals surface area contributed by atoms with Gasteiger partial charge in [-0.2, -0.15) is 5.10 Å². The number of nitrogens with two attached hydrogens (primary N) is 1. The third-order valence-electron chi connectivity index (χ3n) is 6.21. The van der Waals surface area contributed by atoms with Gasteiger partial charge >= 0.3 is 0 Å². The third-order valence-corrected chi connectivity index (χ3v) is 6.21. The summed E-state index contributed by atoms with van der Waals surface area (Å²) in [6.45, 7) is 1.02. The maximum atomic E-state index is 12.1. The molecule has 4 aromatic rings. The summed E-state index contributed by atoms with van der Waals surface area (Å²) in [4.78, 5) is 20.8. The zero-order chi connectivity index (χ0) is 25.6. The van der Waals surface area contributed by atoms with Crippen molar-refractivity contribution >= 4 is 22.8 Å². The van der Waals surface area contributed by atoms with E-state index in [1.807, 2.05) is 59.3 Å². The number of ether oxygens (including phenoxy) is 2. The zero-order valence-electron chi connectivity index (χ0n) is 20.5. The number of hydrogen-bond acceptors (Lipinski definition) is 8. The summed E-state index contributed by atoms with van der Waals surface area (Å²) in [5, 5.41) is 12.0. The fourth-order valence-corrected chi connectivity index (χ4v) is 4.40. The number of hydrogen-bond donors (Lipinski definition) is 3. The lowest BCUT2D eigenvalue weighted by Crippen LogP contribution is -2.50. The number of methoxy groups -OCH3 is 1. The largest absolute Gasteiger partial charge is 0.457 e. The normalized spacial score (nSPS) is 17.8. The second-order valence-electron chi connectivity index (χ2n) is 8.75. The van der Waals surface area contributed by atoms with E-state index in [2.05, 4.69) is 20.6 Å². The molecule has 1 aliphatic heterocycles. The van der Waals surface area contributed by atoms with Gasteiger partial charge in [-0.25, -0.2) is 14.6 Å². The number of nitrogen functional groups attached to an aromatic ring is 1. The summed E-state index contributed by atoms with van der Waals surface area (Å²) >= 11 is 0. The van der Waals surface area contributed by atoms with Crippen molar-refractivity contribution in [2.24, 2.45) is 0 Å². The first-order chi connectivity index (χ1) is 18.1. The van der Waals surface area contributed by atoms with Crippen molar-refractivity contribution in [3.05, 3.63) is 73.1 Å². The molecular formula is C27H29N7O3. The number of anilines is 1. The van der Waals surface area contributed by atoms with Crippen molar-refractivity contribution in [2.75, 3.05) is 26.0 Å². The van der Waals surface area contributed by atoms with Crippen LogP contribution in [0.15, 0.2) is 73.1 Å². The van der Waals surface area contributed by atoms with E-state index in [0.29, 0.717) is 24.6 Å². The Labute approximate surface area is 214 Å². The van der Waals surface area contributed by atoms with Crippen molar-refractivity contribution in [3.8, 4) is 22.8 Å². The van der Waals surface area contributed by atoms with Crippen LogP contribution in [0.25, 0.3) is 22.3 Å². The number of para-hydroxylation sites is 1. The predicted molar refractivity (Wildman–Crippen MR) is 141 cm³/mol. The minimum Gasteiger partial charge on any atom is -0.457 e. The molecular weight excluding hydrogens is 470 g/mol. The summed E-state index contributed by atoms with van der Waals surface area (Å²) in [6, 6.07) is 17.4. The van der Waals surface area contributed by atoms with Crippen molar-refractivity contribution in [2.45, 2.75) is 25.0 Å². The predicted octanol–water partition coefficient (Wildman–Crippen LogP) is 3.44. The first-order valence-electron chi connectivity index (χ1n) is 12.1. The molecule has 37 heavy (non-hydrogen) atoms. The lowest BCUT2D eigenvalue weighted by molar-refractivity contribution is -0.117. The topological polar surface area (TPSA) is 129 Å². The van der Waals surface area contributed by atoms with E-state index in [9.17, 15) is 4.79 Å². The highest BCUT2D eigenvalue weighted by Gasteiger charge is 2.27. The highest BCUT2D eigenvalue weighted by Crippen LogP contribution is 2.34. The summed E-state index contributed by atoms with van der Waals surface area (Å²) in [5.74, 6) is 1.73. The van der Waals surface area contributed by atoms with E-state index in [0.717, 1.165) is 41.0 Å². The van der Waals surface area contributed by atoms with Gasteiger partial charge in [-0.15, -0.1) is 0 Å².